The zero-order chi connectivity index (χ0) is 14.5. The van der Waals surface area contributed by atoms with Gasteiger partial charge >= 0.3 is 0 Å². The molecular formula is C16H26N4O. The molecule has 3 heterocycles. The van der Waals surface area contributed by atoms with Crippen molar-refractivity contribution >= 4 is 11.8 Å². The number of ether oxygens (including phenoxy) is 1. The standard InChI is InChI=1S/C16H26N4O/c1-13-11-15(20-8-4-2-3-5-9-20)19-16(18-13)17-12-14-7-6-10-21-14/h11,14H,2-10,12H2,1H3,(H,17,18,19). The molecule has 0 amide bonds. The van der Waals surface area contributed by atoms with Crippen LogP contribution in [0.15, 0.2) is 6.07 Å². The van der Waals surface area contributed by atoms with Crippen LogP contribution in [-0.4, -0.2) is 42.3 Å². The molecule has 21 heavy (non-hydrogen) atoms. The molecule has 0 radical (unpaired) electrons. The second-order valence-electron chi connectivity index (χ2n) is 6.11. The SMILES string of the molecule is Cc1cc(N2CCCCCC2)nc(NCC2CCCO2)n1. The number of anilines is 2. The van der Waals surface area contributed by atoms with Gasteiger partial charge in [-0.1, -0.05) is 12.8 Å². The predicted octanol–water partition coefficient (Wildman–Crippen LogP) is 2.76. The van der Waals surface area contributed by atoms with Crippen LogP contribution in [0.2, 0.25) is 0 Å². The van der Waals surface area contributed by atoms with E-state index in [2.05, 4.69) is 21.3 Å². The third-order valence-electron chi connectivity index (χ3n) is 4.28. The predicted molar refractivity (Wildman–Crippen MR) is 84.9 cm³/mol. The molecule has 2 aliphatic heterocycles. The van der Waals surface area contributed by atoms with E-state index in [0.717, 1.165) is 50.1 Å². The minimum atomic E-state index is 0.316. The van der Waals surface area contributed by atoms with E-state index >= 15 is 0 Å². The highest BCUT2D eigenvalue weighted by atomic mass is 16.5. The first-order valence-corrected chi connectivity index (χ1v) is 8.27. The molecule has 1 unspecified atom stereocenters. The van der Waals surface area contributed by atoms with Crippen molar-refractivity contribution in [1.29, 1.82) is 0 Å². The van der Waals surface area contributed by atoms with E-state index < -0.39 is 0 Å². The van der Waals surface area contributed by atoms with E-state index in [9.17, 15) is 0 Å². The minimum Gasteiger partial charge on any atom is -0.376 e. The molecule has 0 bridgehead atoms. The topological polar surface area (TPSA) is 50.3 Å². The van der Waals surface area contributed by atoms with Gasteiger partial charge in [0.25, 0.3) is 0 Å². The van der Waals surface area contributed by atoms with Crippen LogP contribution >= 0.6 is 0 Å². The van der Waals surface area contributed by atoms with Gasteiger partial charge in [-0.3, -0.25) is 0 Å². The molecular weight excluding hydrogens is 264 g/mol. The molecule has 3 rings (SSSR count). The Kier molecular flexibility index (Phi) is 4.91. The molecule has 2 fully saturated rings. The summed E-state index contributed by atoms with van der Waals surface area (Å²) < 4.78 is 5.64. The van der Waals surface area contributed by atoms with E-state index in [1.165, 1.54) is 32.1 Å². The lowest BCUT2D eigenvalue weighted by atomic mass is 10.2. The molecule has 2 aliphatic rings. The van der Waals surface area contributed by atoms with Crippen molar-refractivity contribution in [2.45, 2.75) is 51.6 Å². The molecule has 116 valence electrons. The smallest absolute Gasteiger partial charge is 0.224 e. The van der Waals surface area contributed by atoms with Crippen LogP contribution in [0, 0.1) is 6.92 Å². The maximum absolute atomic E-state index is 5.64. The van der Waals surface area contributed by atoms with Gasteiger partial charge in [-0.05, 0) is 32.6 Å². The van der Waals surface area contributed by atoms with Crippen molar-refractivity contribution in [2.24, 2.45) is 0 Å². The molecule has 2 saturated heterocycles. The van der Waals surface area contributed by atoms with E-state index in [1.54, 1.807) is 0 Å². The number of aromatic nitrogens is 2. The Balaban J connectivity index is 1.66. The van der Waals surface area contributed by atoms with Gasteiger partial charge in [0, 0.05) is 38.0 Å². The number of hydrogen-bond acceptors (Lipinski definition) is 5. The van der Waals surface area contributed by atoms with E-state index in [0.29, 0.717) is 6.10 Å². The summed E-state index contributed by atoms with van der Waals surface area (Å²) in [7, 11) is 0. The van der Waals surface area contributed by atoms with Gasteiger partial charge in [-0.2, -0.15) is 4.98 Å². The van der Waals surface area contributed by atoms with Crippen molar-refractivity contribution in [3.05, 3.63) is 11.8 Å². The molecule has 0 aromatic carbocycles. The molecule has 1 N–H and O–H groups in total. The summed E-state index contributed by atoms with van der Waals surface area (Å²) in [6.07, 6.45) is 7.83. The molecule has 0 aliphatic carbocycles. The van der Waals surface area contributed by atoms with E-state index in [4.69, 9.17) is 9.72 Å². The average Bonchev–Trinajstić information content (AvgIpc) is 2.85. The Morgan fingerprint density at radius 2 is 2.00 bits per heavy atom. The van der Waals surface area contributed by atoms with Gasteiger partial charge in [-0.15, -0.1) is 0 Å². The first-order valence-electron chi connectivity index (χ1n) is 8.27. The van der Waals surface area contributed by atoms with Crippen molar-refractivity contribution < 1.29 is 4.74 Å². The summed E-state index contributed by atoms with van der Waals surface area (Å²) in [5.74, 6) is 1.81. The molecule has 1 aromatic rings. The third kappa shape index (κ3) is 4.06. The summed E-state index contributed by atoms with van der Waals surface area (Å²) in [6, 6.07) is 2.10. The van der Waals surface area contributed by atoms with Crippen LogP contribution in [-0.2, 0) is 4.74 Å². The largest absolute Gasteiger partial charge is 0.376 e. The van der Waals surface area contributed by atoms with Gasteiger partial charge in [0.15, 0.2) is 0 Å². The molecule has 1 atom stereocenters. The van der Waals surface area contributed by atoms with Crippen LogP contribution in [0.4, 0.5) is 11.8 Å². The fraction of sp³-hybridized carbons (Fsp3) is 0.750. The number of aryl methyl sites for hydroxylation is 1. The van der Waals surface area contributed by atoms with Gasteiger partial charge < -0.3 is 15.0 Å². The fourth-order valence-corrected chi connectivity index (χ4v) is 3.10. The molecule has 1 aromatic heterocycles. The van der Waals surface area contributed by atoms with Crippen LogP contribution in [0.1, 0.15) is 44.2 Å². The first-order chi connectivity index (χ1) is 10.3. The van der Waals surface area contributed by atoms with Gasteiger partial charge in [0.2, 0.25) is 5.95 Å². The number of nitrogens with zero attached hydrogens (tertiary/aromatic N) is 3. The maximum atomic E-state index is 5.64. The number of hydrogen-bond donors (Lipinski definition) is 1. The Bertz CT molecular complexity index is 452. The third-order valence-corrected chi connectivity index (χ3v) is 4.28. The second-order valence-corrected chi connectivity index (χ2v) is 6.11. The van der Waals surface area contributed by atoms with E-state index in [1.807, 2.05) is 6.92 Å². The van der Waals surface area contributed by atoms with Crippen LogP contribution in [0.25, 0.3) is 0 Å². The van der Waals surface area contributed by atoms with Crippen LogP contribution in [0.3, 0.4) is 0 Å². The van der Waals surface area contributed by atoms with Crippen molar-refractivity contribution in [1.82, 2.24) is 9.97 Å². The molecule has 0 saturated carbocycles. The summed E-state index contributed by atoms with van der Waals surface area (Å²) >= 11 is 0. The lowest BCUT2D eigenvalue weighted by molar-refractivity contribution is 0.120. The summed E-state index contributed by atoms with van der Waals surface area (Å²) in [5, 5.41) is 3.35. The Morgan fingerprint density at radius 3 is 2.71 bits per heavy atom. The molecule has 5 heteroatoms. The lowest BCUT2D eigenvalue weighted by Gasteiger charge is -2.22. The Morgan fingerprint density at radius 1 is 1.19 bits per heavy atom. The van der Waals surface area contributed by atoms with E-state index in [-0.39, 0.29) is 0 Å². The zero-order valence-electron chi connectivity index (χ0n) is 13.0. The summed E-state index contributed by atoms with van der Waals surface area (Å²) in [4.78, 5) is 11.6. The Hall–Kier alpha value is -1.36. The number of rotatable bonds is 4. The van der Waals surface area contributed by atoms with Gasteiger partial charge in [-0.25, -0.2) is 4.98 Å². The minimum absolute atomic E-state index is 0.316. The van der Waals surface area contributed by atoms with Gasteiger partial charge in [0.1, 0.15) is 5.82 Å². The van der Waals surface area contributed by atoms with Gasteiger partial charge in [0.05, 0.1) is 6.10 Å². The number of nitrogens with one attached hydrogen (secondary N) is 1. The average molecular weight is 290 g/mol. The van der Waals surface area contributed by atoms with Crippen molar-refractivity contribution in [3.63, 3.8) is 0 Å². The van der Waals surface area contributed by atoms with Crippen molar-refractivity contribution in [3.8, 4) is 0 Å². The normalized spacial score (nSPS) is 23.1. The highest BCUT2D eigenvalue weighted by Gasteiger charge is 2.16. The maximum Gasteiger partial charge on any atom is 0.224 e. The Labute approximate surface area is 127 Å². The van der Waals surface area contributed by atoms with Crippen molar-refractivity contribution in [2.75, 3.05) is 36.5 Å². The highest BCUT2D eigenvalue weighted by molar-refractivity contribution is 5.44. The van der Waals surface area contributed by atoms with Crippen LogP contribution < -0.4 is 10.2 Å². The first kappa shape index (κ1) is 14.6. The summed E-state index contributed by atoms with van der Waals surface area (Å²) in [5.41, 5.74) is 1.03. The monoisotopic (exact) mass is 290 g/mol. The highest BCUT2D eigenvalue weighted by Crippen LogP contribution is 2.20. The second kappa shape index (κ2) is 7.07. The fourth-order valence-electron chi connectivity index (χ4n) is 3.10. The molecule has 0 spiro atoms. The zero-order valence-corrected chi connectivity index (χ0v) is 13.0. The lowest BCUT2D eigenvalue weighted by Crippen LogP contribution is -2.26. The van der Waals surface area contributed by atoms with Crippen LogP contribution in [0.5, 0.6) is 0 Å². The summed E-state index contributed by atoms with van der Waals surface area (Å²) in [6.45, 7) is 5.96. The quantitative estimate of drug-likeness (QED) is 0.924. The molecule has 5 nitrogen and oxygen atoms in total.